The summed E-state index contributed by atoms with van der Waals surface area (Å²) in [6.07, 6.45) is 4.88. The zero-order chi connectivity index (χ0) is 30.0. The largest absolute Gasteiger partial charge is 0.256 e. The van der Waals surface area contributed by atoms with Crippen molar-refractivity contribution in [2.24, 2.45) is 9.98 Å². The first kappa shape index (κ1) is 26.7. The Morgan fingerprint density at radius 3 is 1.00 bits per heavy atom. The molecule has 0 spiro atoms. The van der Waals surface area contributed by atoms with E-state index in [-0.39, 0.29) is 0 Å². The Morgan fingerprint density at radius 1 is 0.356 bits per heavy atom. The second-order valence-electron chi connectivity index (χ2n) is 11.5. The zero-order valence-corrected chi connectivity index (χ0v) is 24.8. The topological polar surface area (TPSA) is 24.7 Å². The number of aliphatic imine (C=N–C) groups is 2. The summed E-state index contributed by atoms with van der Waals surface area (Å²) >= 11 is 0. The highest BCUT2D eigenvalue weighted by molar-refractivity contribution is 6.14. The summed E-state index contributed by atoms with van der Waals surface area (Å²) in [6.45, 7) is 0. The van der Waals surface area contributed by atoms with Gasteiger partial charge < -0.3 is 0 Å². The minimum atomic E-state index is 0.857. The molecule has 0 atom stereocenters. The molecule has 8 rings (SSSR count). The van der Waals surface area contributed by atoms with Crippen LogP contribution < -0.4 is 0 Å². The van der Waals surface area contributed by atoms with Gasteiger partial charge in [0.05, 0.1) is 11.4 Å². The second kappa shape index (κ2) is 11.7. The van der Waals surface area contributed by atoms with Crippen LogP contribution in [0.1, 0.15) is 22.3 Å². The minimum absolute atomic E-state index is 0.857. The molecule has 212 valence electrons. The average molecular weight is 575 g/mol. The molecule has 2 heteroatoms. The molecule has 0 radical (unpaired) electrons. The van der Waals surface area contributed by atoms with Gasteiger partial charge in [-0.15, -0.1) is 0 Å². The smallest absolute Gasteiger partial charge is 0.0630 e. The lowest BCUT2D eigenvalue weighted by Gasteiger charge is -2.08. The SMILES string of the molecule is C(=Nc1ccc(Cc2ccc(N=Cc3c4ccccc4cc4ccccc34)cc2)cc1)c1c2ccccc2cc2ccccc12. The summed E-state index contributed by atoms with van der Waals surface area (Å²) in [6, 6.07) is 55.7. The molecule has 0 amide bonds. The van der Waals surface area contributed by atoms with Gasteiger partial charge in [0.25, 0.3) is 0 Å². The maximum absolute atomic E-state index is 4.88. The van der Waals surface area contributed by atoms with E-state index >= 15 is 0 Å². The molecule has 0 aliphatic heterocycles. The average Bonchev–Trinajstić information content (AvgIpc) is 3.10. The number of nitrogens with zero attached hydrogens (tertiary/aromatic N) is 2. The van der Waals surface area contributed by atoms with Gasteiger partial charge in [0, 0.05) is 23.6 Å². The number of hydrogen-bond donors (Lipinski definition) is 0. The molecule has 0 aliphatic carbocycles. The molecule has 0 saturated carbocycles. The maximum Gasteiger partial charge on any atom is 0.0630 e. The molecule has 2 nitrogen and oxygen atoms in total. The van der Waals surface area contributed by atoms with Gasteiger partial charge in [0.15, 0.2) is 0 Å². The first-order valence-corrected chi connectivity index (χ1v) is 15.4. The number of fused-ring (bicyclic) bond motifs is 4. The Hall–Kier alpha value is -5.86. The summed E-state index contributed by atoms with van der Waals surface area (Å²) in [4.78, 5) is 9.76. The summed E-state index contributed by atoms with van der Waals surface area (Å²) < 4.78 is 0. The third-order valence-corrected chi connectivity index (χ3v) is 8.59. The van der Waals surface area contributed by atoms with Crippen LogP contribution in [-0.2, 0) is 6.42 Å². The molecule has 0 bridgehead atoms. The van der Waals surface area contributed by atoms with Gasteiger partial charge in [-0.25, -0.2) is 0 Å². The molecule has 0 saturated heterocycles. The third-order valence-electron chi connectivity index (χ3n) is 8.59. The van der Waals surface area contributed by atoms with Crippen LogP contribution in [-0.4, -0.2) is 12.4 Å². The van der Waals surface area contributed by atoms with E-state index in [4.69, 9.17) is 9.98 Å². The highest BCUT2D eigenvalue weighted by Gasteiger charge is 2.07. The van der Waals surface area contributed by atoms with Gasteiger partial charge in [-0.3, -0.25) is 9.98 Å². The molecular weight excluding hydrogens is 544 g/mol. The predicted molar refractivity (Wildman–Crippen MR) is 193 cm³/mol. The van der Waals surface area contributed by atoms with Gasteiger partial charge in [0.2, 0.25) is 0 Å². The van der Waals surface area contributed by atoms with E-state index in [1.165, 1.54) is 54.2 Å². The highest BCUT2D eigenvalue weighted by atomic mass is 14.7. The summed E-state index contributed by atoms with van der Waals surface area (Å²) in [5.74, 6) is 0. The molecule has 0 unspecified atom stereocenters. The maximum atomic E-state index is 4.88. The van der Waals surface area contributed by atoms with E-state index < -0.39 is 0 Å². The van der Waals surface area contributed by atoms with E-state index in [1.807, 2.05) is 12.4 Å². The van der Waals surface area contributed by atoms with Crippen molar-refractivity contribution >= 4 is 66.9 Å². The predicted octanol–water partition coefficient (Wildman–Crippen LogP) is 11.4. The summed E-state index contributed by atoms with van der Waals surface area (Å²) in [7, 11) is 0. The fraction of sp³-hybridized carbons (Fsp3) is 0.0233. The molecule has 0 aliphatic rings. The lowest BCUT2D eigenvalue weighted by Crippen LogP contribution is -1.89. The normalized spacial score (nSPS) is 11.9. The lowest BCUT2D eigenvalue weighted by atomic mass is 9.97. The Balaban J connectivity index is 1.00. The standard InChI is InChI=1S/C43H30N2/c1-5-13-38-32(9-1)26-33-10-2-6-14-39(33)42(38)28-44-36-21-17-30(18-22-36)25-31-19-23-37(24-20-31)45-29-43-40-15-7-3-11-34(40)27-35-12-4-8-16-41(35)43/h1-24,26-29H,25H2. The Labute approximate surface area is 262 Å². The molecule has 0 N–H and O–H groups in total. The molecule has 0 fully saturated rings. The van der Waals surface area contributed by atoms with E-state index in [9.17, 15) is 0 Å². The van der Waals surface area contributed by atoms with Gasteiger partial charge in [-0.05, 0) is 97.0 Å². The van der Waals surface area contributed by atoms with Crippen LogP contribution in [0.3, 0.4) is 0 Å². The van der Waals surface area contributed by atoms with E-state index in [0.717, 1.165) is 28.9 Å². The molecule has 8 aromatic carbocycles. The molecule has 0 heterocycles. The Morgan fingerprint density at radius 2 is 0.667 bits per heavy atom. The van der Waals surface area contributed by atoms with E-state index in [0.29, 0.717) is 0 Å². The van der Waals surface area contributed by atoms with Crippen LogP contribution in [0.5, 0.6) is 0 Å². The van der Waals surface area contributed by atoms with Crippen molar-refractivity contribution in [3.05, 3.63) is 180 Å². The van der Waals surface area contributed by atoms with Crippen LogP contribution >= 0.6 is 0 Å². The quantitative estimate of drug-likeness (QED) is 0.139. The van der Waals surface area contributed by atoms with Crippen molar-refractivity contribution in [1.82, 2.24) is 0 Å². The van der Waals surface area contributed by atoms with Crippen LogP contribution in [0.25, 0.3) is 43.1 Å². The lowest BCUT2D eigenvalue weighted by molar-refractivity contribution is 1.19. The van der Waals surface area contributed by atoms with Gasteiger partial charge in [0.1, 0.15) is 0 Å². The van der Waals surface area contributed by atoms with Crippen molar-refractivity contribution < 1.29 is 0 Å². The number of benzene rings is 8. The zero-order valence-electron chi connectivity index (χ0n) is 24.8. The third kappa shape index (κ3) is 5.39. The molecule has 45 heavy (non-hydrogen) atoms. The first-order chi connectivity index (χ1) is 22.3. The molecule has 8 aromatic rings. The van der Waals surface area contributed by atoms with Crippen LogP contribution in [0.4, 0.5) is 11.4 Å². The highest BCUT2D eigenvalue weighted by Crippen LogP contribution is 2.29. The number of hydrogen-bond acceptors (Lipinski definition) is 2. The molecular formula is C43H30N2. The van der Waals surface area contributed by atoms with Crippen molar-refractivity contribution in [1.29, 1.82) is 0 Å². The summed E-state index contributed by atoms with van der Waals surface area (Å²) in [5, 5.41) is 9.78. The van der Waals surface area contributed by atoms with Crippen LogP contribution in [0, 0.1) is 0 Å². The first-order valence-electron chi connectivity index (χ1n) is 15.4. The Kier molecular flexibility index (Phi) is 6.94. The van der Waals surface area contributed by atoms with E-state index in [2.05, 4.69) is 158 Å². The Bertz CT molecular complexity index is 2100. The van der Waals surface area contributed by atoms with E-state index in [1.54, 1.807) is 0 Å². The van der Waals surface area contributed by atoms with Crippen molar-refractivity contribution in [2.45, 2.75) is 6.42 Å². The van der Waals surface area contributed by atoms with Crippen LogP contribution in [0.2, 0.25) is 0 Å². The van der Waals surface area contributed by atoms with Crippen molar-refractivity contribution in [3.63, 3.8) is 0 Å². The van der Waals surface area contributed by atoms with Crippen LogP contribution in [0.15, 0.2) is 168 Å². The fourth-order valence-corrected chi connectivity index (χ4v) is 6.29. The fourth-order valence-electron chi connectivity index (χ4n) is 6.29. The minimum Gasteiger partial charge on any atom is -0.256 e. The monoisotopic (exact) mass is 574 g/mol. The summed E-state index contributed by atoms with van der Waals surface area (Å²) in [5.41, 5.74) is 6.71. The second-order valence-corrected chi connectivity index (χ2v) is 11.5. The molecule has 0 aromatic heterocycles. The van der Waals surface area contributed by atoms with Gasteiger partial charge >= 0.3 is 0 Å². The number of rotatable bonds is 6. The van der Waals surface area contributed by atoms with Gasteiger partial charge in [-0.2, -0.15) is 0 Å². The van der Waals surface area contributed by atoms with Gasteiger partial charge in [-0.1, -0.05) is 121 Å². The van der Waals surface area contributed by atoms with Crippen molar-refractivity contribution in [3.8, 4) is 0 Å². The van der Waals surface area contributed by atoms with Crippen molar-refractivity contribution in [2.75, 3.05) is 0 Å².